The van der Waals surface area contributed by atoms with E-state index in [-0.39, 0.29) is 23.7 Å². The second kappa shape index (κ2) is 2.97. The van der Waals surface area contributed by atoms with Crippen LogP contribution in [0, 0.1) is 23.7 Å². The Bertz CT molecular complexity index is 446. The lowest BCUT2D eigenvalue weighted by atomic mass is 9.81. The summed E-state index contributed by atoms with van der Waals surface area (Å²) in [7, 11) is 0. The Labute approximate surface area is 92.3 Å². The van der Waals surface area contributed by atoms with Gasteiger partial charge in [-0.1, -0.05) is 12.2 Å². The van der Waals surface area contributed by atoms with Crippen molar-refractivity contribution in [2.75, 3.05) is 0 Å². The van der Waals surface area contributed by atoms with Crippen LogP contribution in [0.1, 0.15) is 12.8 Å². The molecule has 0 spiro atoms. The topological polar surface area (TPSA) is 74.6 Å². The van der Waals surface area contributed by atoms with Crippen LogP contribution in [0.5, 0.6) is 0 Å². The predicted molar refractivity (Wildman–Crippen MR) is 54.6 cm³/mol. The lowest BCUT2D eigenvalue weighted by Crippen LogP contribution is -2.21. The van der Waals surface area contributed by atoms with Gasteiger partial charge in [-0.05, 0) is 36.5 Å². The highest BCUT2D eigenvalue weighted by molar-refractivity contribution is 5.90. The average molecular weight is 220 g/mol. The van der Waals surface area contributed by atoms with E-state index in [1.165, 1.54) is 0 Å². The molecule has 4 atom stereocenters. The zero-order valence-electron chi connectivity index (χ0n) is 8.59. The van der Waals surface area contributed by atoms with Crippen LogP contribution in [0.25, 0.3) is 0 Å². The monoisotopic (exact) mass is 220 g/mol. The van der Waals surface area contributed by atoms with Crippen LogP contribution >= 0.6 is 0 Å². The number of hydrogen-bond donors (Lipinski definition) is 2. The number of carboxylic acid groups (broad SMARTS) is 2. The van der Waals surface area contributed by atoms with Crippen LogP contribution in [-0.4, -0.2) is 22.2 Å². The van der Waals surface area contributed by atoms with Crippen LogP contribution in [0.3, 0.4) is 0 Å². The summed E-state index contributed by atoms with van der Waals surface area (Å²) in [5.41, 5.74) is 0.969. The van der Waals surface area contributed by atoms with Gasteiger partial charge in [0, 0.05) is 11.1 Å². The third-order valence-corrected chi connectivity index (χ3v) is 4.20. The molecule has 0 unspecified atom stereocenters. The largest absolute Gasteiger partial charge is 0.478 e. The average Bonchev–Trinajstić information content (AvgIpc) is 2.87. The number of fused-ring (bicyclic) bond motifs is 5. The van der Waals surface area contributed by atoms with Gasteiger partial charge in [0.05, 0.1) is 0 Å². The number of carbonyl (C=O) groups is 2. The van der Waals surface area contributed by atoms with Crippen molar-refractivity contribution in [2.24, 2.45) is 23.7 Å². The first-order valence-electron chi connectivity index (χ1n) is 5.47. The maximum atomic E-state index is 11.0. The molecule has 3 aliphatic carbocycles. The third kappa shape index (κ3) is 1.10. The van der Waals surface area contributed by atoms with Crippen LogP contribution < -0.4 is 0 Å². The van der Waals surface area contributed by atoms with Gasteiger partial charge < -0.3 is 10.2 Å². The minimum atomic E-state index is -0.856. The van der Waals surface area contributed by atoms with E-state index in [2.05, 4.69) is 0 Å². The van der Waals surface area contributed by atoms with Crippen molar-refractivity contribution < 1.29 is 19.8 Å². The molecule has 0 aliphatic heterocycles. The summed E-state index contributed by atoms with van der Waals surface area (Å²) in [6.45, 7) is 0. The highest BCUT2D eigenvalue weighted by Crippen LogP contribution is 2.57. The van der Waals surface area contributed by atoms with Gasteiger partial charge in [-0.2, -0.15) is 0 Å². The second-order valence-electron chi connectivity index (χ2n) is 4.88. The first-order valence-corrected chi connectivity index (χ1v) is 5.47. The van der Waals surface area contributed by atoms with E-state index < -0.39 is 11.9 Å². The van der Waals surface area contributed by atoms with Crippen molar-refractivity contribution in [3.8, 4) is 0 Å². The van der Waals surface area contributed by atoms with Crippen LogP contribution in [-0.2, 0) is 9.59 Å². The molecule has 3 rings (SSSR count). The minimum Gasteiger partial charge on any atom is -0.478 e. The molecule has 4 heteroatoms. The van der Waals surface area contributed by atoms with Crippen molar-refractivity contribution in [1.82, 2.24) is 0 Å². The summed E-state index contributed by atoms with van der Waals surface area (Å²) in [6, 6.07) is 0. The zero-order chi connectivity index (χ0) is 11.4. The standard InChI is InChI=1S/C12H12O4/c13-11(14)6-3-7-5-1-9(8(7)4-6)10(2-5)12(15)16/h2-3,5,7-9H,1,4H2,(H,13,14)(H,15,16)/t5-,7+,8+,9-/m0/s1. The highest BCUT2D eigenvalue weighted by Gasteiger charge is 2.51. The van der Waals surface area contributed by atoms with Gasteiger partial charge in [0.1, 0.15) is 0 Å². The Hall–Kier alpha value is -1.58. The molecule has 16 heavy (non-hydrogen) atoms. The van der Waals surface area contributed by atoms with Gasteiger partial charge >= 0.3 is 11.9 Å². The fourth-order valence-corrected chi connectivity index (χ4v) is 3.57. The third-order valence-electron chi connectivity index (χ3n) is 4.20. The maximum absolute atomic E-state index is 11.0. The molecule has 2 N–H and O–H groups in total. The molecular formula is C12H12O4. The number of aliphatic carboxylic acids is 2. The SMILES string of the molecule is O=C(O)C1=C[C@H]2[C@@H](C1)[C@@H]1C[C@H]2C=C1C(=O)O. The van der Waals surface area contributed by atoms with E-state index in [4.69, 9.17) is 10.2 Å². The molecule has 0 aromatic heterocycles. The molecule has 0 aromatic rings. The van der Waals surface area contributed by atoms with Gasteiger partial charge in [0.2, 0.25) is 0 Å². The van der Waals surface area contributed by atoms with Crippen molar-refractivity contribution in [3.63, 3.8) is 0 Å². The molecular weight excluding hydrogens is 208 g/mol. The minimum absolute atomic E-state index is 0.0700. The lowest BCUT2D eigenvalue weighted by Gasteiger charge is -2.22. The summed E-state index contributed by atoms with van der Waals surface area (Å²) in [5.74, 6) is -0.898. The van der Waals surface area contributed by atoms with Gasteiger partial charge in [-0.15, -0.1) is 0 Å². The fraction of sp³-hybridized carbons (Fsp3) is 0.500. The number of rotatable bonds is 2. The summed E-state index contributed by atoms with van der Waals surface area (Å²) >= 11 is 0. The van der Waals surface area contributed by atoms with Crippen molar-refractivity contribution in [3.05, 3.63) is 23.3 Å². The van der Waals surface area contributed by atoms with Gasteiger partial charge in [0.15, 0.2) is 0 Å². The Balaban J connectivity index is 1.89. The van der Waals surface area contributed by atoms with Crippen molar-refractivity contribution >= 4 is 11.9 Å². The van der Waals surface area contributed by atoms with Crippen LogP contribution in [0.2, 0.25) is 0 Å². The number of allylic oxidation sites excluding steroid dienone is 2. The van der Waals surface area contributed by atoms with Crippen molar-refractivity contribution in [1.29, 1.82) is 0 Å². The van der Waals surface area contributed by atoms with E-state index >= 15 is 0 Å². The molecule has 0 heterocycles. The molecule has 4 nitrogen and oxygen atoms in total. The smallest absolute Gasteiger partial charge is 0.331 e. The normalized spacial score (nSPS) is 39.2. The summed E-state index contributed by atoms with van der Waals surface area (Å²) in [4.78, 5) is 21.9. The summed E-state index contributed by atoms with van der Waals surface area (Å²) < 4.78 is 0. The van der Waals surface area contributed by atoms with Crippen LogP contribution in [0.15, 0.2) is 23.3 Å². The molecule has 1 fully saturated rings. The second-order valence-corrected chi connectivity index (χ2v) is 4.88. The quantitative estimate of drug-likeness (QED) is 0.735. The van der Waals surface area contributed by atoms with E-state index in [0.29, 0.717) is 17.6 Å². The fourth-order valence-electron chi connectivity index (χ4n) is 3.57. The summed E-state index contributed by atoms with van der Waals surface area (Å²) in [6.07, 6.45) is 5.09. The molecule has 0 radical (unpaired) electrons. The first-order chi connectivity index (χ1) is 7.58. The van der Waals surface area contributed by atoms with E-state index in [0.717, 1.165) is 6.42 Å². The molecule has 84 valence electrons. The molecule has 1 saturated carbocycles. The molecule has 0 aromatic carbocycles. The Kier molecular flexibility index (Phi) is 1.79. The predicted octanol–water partition coefficient (Wildman–Crippen LogP) is 1.29. The van der Waals surface area contributed by atoms with E-state index in [1.54, 1.807) is 0 Å². The van der Waals surface area contributed by atoms with Gasteiger partial charge in [0.25, 0.3) is 0 Å². The molecule has 0 saturated heterocycles. The zero-order valence-corrected chi connectivity index (χ0v) is 8.59. The molecule has 2 bridgehead atoms. The van der Waals surface area contributed by atoms with Gasteiger partial charge in [-0.3, -0.25) is 0 Å². The van der Waals surface area contributed by atoms with Crippen LogP contribution in [0.4, 0.5) is 0 Å². The Morgan fingerprint density at radius 1 is 1.19 bits per heavy atom. The number of hydrogen-bond acceptors (Lipinski definition) is 2. The molecule has 0 amide bonds. The van der Waals surface area contributed by atoms with E-state index in [9.17, 15) is 9.59 Å². The van der Waals surface area contributed by atoms with E-state index in [1.807, 2.05) is 12.2 Å². The Morgan fingerprint density at radius 2 is 1.94 bits per heavy atom. The molecule has 3 aliphatic rings. The van der Waals surface area contributed by atoms with Crippen molar-refractivity contribution in [2.45, 2.75) is 12.8 Å². The number of carboxylic acids is 2. The highest BCUT2D eigenvalue weighted by atomic mass is 16.4. The first kappa shape index (κ1) is 9.63. The van der Waals surface area contributed by atoms with Gasteiger partial charge in [-0.25, -0.2) is 9.59 Å². The Morgan fingerprint density at radius 3 is 2.56 bits per heavy atom. The maximum Gasteiger partial charge on any atom is 0.331 e. The lowest BCUT2D eigenvalue weighted by molar-refractivity contribution is -0.133. The summed E-state index contributed by atoms with van der Waals surface area (Å²) in [5, 5.41) is 18.0.